The number of hydrogen-bond acceptors (Lipinski definition) is 1. The van der Waals surface area contributed by atoms with E-state index in [0.717, 1.165) is 36.9 Å². The summed E-state index contributed by atoms with van der Waals surface area (Å²) in [6.45, 7) is 4.13. The van der Waals surface area contributed by atoms with Crippen molar-refractivity contribution in [1.82, 2.24) is 0 Å². The predicted molar refractivity (Wildman–Crippen MR) is 233 cm³/mol. The highest BCUT2D eigenvalue weighted by molar-refractivity contribution is 6.10. The van der Waals surface area contributed by atoms with Crippen molar-refractivity contribution in [3.05, 3.63) is 227 Å². The zero-order chi connectivity index (χ0) is 36.3. The van der Waals surface area contributed by atoms with Crippen molar-refractivity contribution in [3.63, 3.8) is 0 Å². The molecule has 54 heavy (non-hydrogen) atoms. The van der Waals surface area contributed by atoms with Gasteiger partial charge in [-0.25, -0.2) is 0 Å². The van der Waals surface area contributed by atoms with E-state index < -0.39 is 0 Å². The van der Waals surface area contributed by atoms with Crippen LogP contribution in [0.5, 0.6) is 0 Å². The minimum Gasteiger partial charge on any atom is -0.311 e. The standard InChI is InChI=1S/C53H43N/c1-2-39-29-35-53-51-22-9-7-17-42(51)30-36-52(53)48(39)23-10-13-38-25-31-45(32-26-38)54(47-20-11-19-44(37-47)40-14-4-3-5-15-40)46-33-27-43(28-34-46)50-24-12-18-41-16-6-8-21-49(41)50/h2-10,12,14-18,20-23,25-37,50H,1,11,13,19,24H2/b23-10-. The van der Waals surface area contributed by atoms with E-state index in [1.807, 2.05) is 6.08 Å². The summed E-state index contributed by atoms with van der Waals surface area (Å²) in [5.41, 5.74) is 14.0. The lowest BCUT2D eigenvalue weighted by Crippen LogP contribution is -2.17. The summed E-state index contributed by atoms with van der Waals surface area (Å²) < 4.78 is 0. The lowest BCUT2D eigenvalue weighted by atomic mass is 9.82. The maximum absolute atomic E-state index is 4.13. The summed E-state index contributed by atoms with van der Waals surface area (Å²) in [7, 11) is 0. The van der Waals surface area contributed by atoms with Gasteiger partial charge in [0, 0.05) is 23.0 Å². The first kappa shape index (κ1) is 33.4. The Bertz CT molecular complexity index is 2600. The van der Waals surface area contributed by atoms with Crippen LogP contribution in [0.1, 0.15) is 64.1 Å². The molecule has 0 amide bonds. The molecule has 0 N–H and O–H groups in total. The van der Waals surface area contributed by atoms with Gasteiger partial charge < -0.3 is 4.90 Å². The van der Waals surface area contributed by atoms with Crippen molar-refractivity contribution in [1.29, 1.82) is 0 Å². The minimum absolute atomic E-state index is 0.371. The number of hydrogen-bond donors (Lipinski definition) is 0. The van der Waals surface area contributed by atoms with E-state index in [-0.39, 0.29) is 0 Å². The average Bonchev–Trinajstić information content (AvgIpc) is 3.24. The molecule has 0 spiro atoms. The molecule has 0 fully saturated rings. The normalized spacial score (nSPS) is 15.2. The molecule has 9 rings (SSSR count). The number of allylic oxidation sites excluding steroid dienone is 5. The van der Waals surface area contributed by atoms with Crippen LogP contribution in [-0.4, -0.2) is 0 Å². The van der Waals surface area contributed by atoms with Gasteiger partial charge in [0.15, 0.2) is 0 Å². The summed E-state index contributed by atoms with van der Waals surface area (Å²) in [4.78, 5) is 2.43. The van der Waals surface area contributed by atoms with E-state index in [4.69, 9.17) is 0 Å². The van der Waals surface area contributed by atoms with E-state index in [2.05, 4.69) is 200 Å². The third kappa shape index (κ3) is 6.55. The van der Waals surface area contributed by atoms with Crippen molar-refractivity contribution in [2.24, 2.45) is 0 Å². The SMILES string of the molecule is C=Cc1ccc2c(ccc3ccccc32)c1/C=C\Cc1ccc(N(C2=CCCC(c3ccccc3)=C2)c2ccc(C3CC=Cc4ccccc43)cc2)cc1. The molecule has 0 saturated heterocycles. The Kier molecular flexibility index (Phi) is 9.21. The maximum atomic E-state index is 4.13. The monoisotopic (exact) mass is 693 g/mol. The van der Waals surface area contributed by atoms with E-state index >= 15 is 0 Å². The topological polar surface area (TPSA) is 3.24 Å². The summed E-state index contributed by atoms with van der Waals surface area (Å²) in [6.07, 6.45) is 19.8. The predicted octanol–water partition coefficient (Wildman–Crippen LogP) is 14.3. The Labute approximate surface area is 319 Å². The average molecular weight is 694 g/mol. The Morgan fingerprint density at radius 2 is 1.41 bits per heavy atom. The van der Waals surface area contributed by atoms with Crippen LogP contribution in [-0.2, 0) is 6.42 Å². The molecule has 1 atom stereocenters. The Balaban J connectivity index is 1.02. The Morgan fingerprint density at radius 3 is 2.24 bits per heavy atom. The van der Waals surface area contributed by atoms with Crippen molar-refractivity contribution in [3.8, 4) is 0 Å². The third-order valence-corrected chi connectivity index (χ3v) is 11.1. The highest BCUT2D eigenvalue weighted by Gasteiger charge is 2.21. The maximum Gasteiger partial charge on any atom is 0.0461 e. The van der Waals surface area contributed by atoms with Crippen LogP contribution < -0.4 is 4.90 Å². The van der Waals surface area contributed by atoms with E-state index in [9.17, 15) is 0 Å². The molecule has 2 aliphatic carbocycles. The molecule has 1 heteroatoms. The van der Waals surface area contributed by atoms with Crippen LogP contribution in [0.25, 0.3) is 45.3 Å². The van der Waals surface area contributed by atoms with Gasteiger partial charge in [-0.05, 0) is 122 Å². The first-order valence-corrected chi connectivity index (χ1v) is 19.2. The van der Waals surface area contributed by atoms with Gasteiger partial charge >= 0.3 is 0 Å². The smallest absolute Gasteiger partial charge is 0.0461 e. The molecule has 0 bridgehead atoms. The quantitative estimate of drug-likeness (QED) is 0.136. The first-order valence-electron chi connectivity index (χ1n) is 19.2. The van der Waals surface area contributed by atoms with Crippen molar-refractivity contribution < 1.29 is 0 Å². The minimum atomic E-state index is 0.371. The van der Waals surface area contributed by atoms with Crippen LogP contribution >= 0.6 is 0 Å². The summed E-state index contributed by atoms with van der Waals surface area (Å²) in [6, 6.07) is 55.6. The van der Waals surface area contributed by atoms with E-state index in [0.29, 0.717) is 5.92 Å². The van der Waals surface area contributed by atoms with Crippen molar-refractivity contribution in [2.45, 2.75) is 31.6 Å². The van der Waals surface area contributed by atoms with E-state index in [1.165, 1.54) is 71.9 Å². The zero-order valence-corrected chi connectivity index (χ0v) is 30.5. The molecular weight excluding hydrogens is 651 g/mol. The highest BCUT2D eigenvalue weighted by Crippen LogP contribution is 2.39. The third-order valence-electron chi connectivity index (χ3n) is 11.1. The molecule has 1 unspecified atom stereocenters. The highest BCUT2D eigenvalue weighted by atomic mass is 15.1. The molecule has 0 aromatic heterocycles. The van der Waals surface area contributed by atoms with Crippen LogP contribution in [0.2, 0.25) is 0 Å². The van der Waals surface area contributed by atoms with Gasteiger partial charge in [-0.15, -0.1) is 0 Å². The van der Waals surface area contributed by atoms with Gasteiger partial charge in [0.05, 0.1) is 0 Å². The molecule has 0 aliphatic heterocycles. The molecule has 1 nitrogen and oxygen atoms in total. The molecular formula is C53H43N. The summed E-state index contributed by atoms with van der Waals surface area (Å²) >= 11 is 0. The van der Waals surface area contributed by atoms with Crippen LogP contribution in [0.4, 0.5) is 11.4 Å². The largest absolute Gasteiger partial charge is 0.311 e. The zero-order valence-electron chi connectivity index (χ0n) is 30.5. The van der Waals surface area contributed by atoms with Gasteiger partial charge in [0.25, 0.3) is 0 Å². The first-order chi connectivity index (χ1) is 26.7. The number of benzene rings is 7. The Morgan fingerprint density at radius 1 is 0.667 bits per heavy atom. The van der Waals surface area contributed by atoms with E-state index in [1.54, 1.807) is 0 Å². The number of anilines is 2. The van der Waals surface area contributed by atoms with Gasteiger partial charge in [-0.3, -0.25) is 0 Å². The van der Waals surface area contributed by atoms with Crippen molar-refractivity contribution >= 4 is 56.7 Å². The van der Waals surface area contributed by atoms with Gasteiger partial charge in [0.1, 0.15) is 0 Å². The molecule has 0 radical (unpaired) electrons. The molecule has 7 aromatic carbocycles. The molecule has 0 heterocycles. The number of rotatable bonds is 9. The van der Waals surface area contributed by atoms with Crippen LogP contribution in [0, 0.1) is 0 Å². The van der Waals surface area contributed by atoms with Gasteiger partial charge in [-0.1, -0.05) is 170 Å². The molecule has 0 saturated carbocycles. The summed E-state index contributed by atoms with van der Waals surface area (Å²) in [5, 5.41) is 5.08. The van der Waals surface area contributed by atoms with Crippen LogP contribution in [0.3, 0.4) is 0 Å². The Hall–Kier alpha value is -6.44. The fourth-order valence-corrected chi connectivity index (χ4v) is 8.36. The lowest BCUT2D eigenvalue weighted by Gasteiger charge is -2.30. The van der Waals surface area contributed by atoms with Crippen molar-refractivity contribution in [2.75, 3.05) is 4.90 Å². The number of nitrogens with zero attached hydrogens (tertiary/aromatic N) is 1. The van der Waals surface area contributed by atoms with Crippen LogP contribution in [0.15, 0.2) is 188 Å². The summed E-state index contributed by atoms with van der Waals surface area (Å²) in [5.74, 6) is 0.371. The fourth-order valence-electron chi connectivity index (χ4n) is 8.36. The van der Waals surface area contributed by atoms with Gasteiger partial charge in [-0.2, -0.15) is 0 Å². The second-order valence-electron chi connectivity index (χ2n) is 14.4. The molecule has 7 aromatic rings. The number of fused-ring (bicyclic) bond motifs is 4. The lowest BCUT2D eigenvalue weighted by molar-refractivity contribution is 0.819. The molecule has 2 aliphatic rings. The fraction of sp³-hybridized carbons (Fsp3) is 0.0943. The molecule has 260 valence electrons. The second-order valence-corrected chi connectivity index (χ2v) is 14.4. The van der Waals surface area contributed by atoms with Gasteiger partial charge in [0.2, 0.25) is 0 Å². The second kappa shape index (κ2) is 14.9.